The monoisotopic (exact) mass is 610 g/mol. The van der Waals surface area contributed by atoms with Gasteiger partial charge in [0.2, 0.25) is 5.91 Å². The maximum Gasteiger partial charge on any atom is 0.547 e. The number of imide groups is 1. The second kappa shape index (κ2) is 11.7. The largest absolute Gasteiger partial charge is 0.547 e. The van der Waals surface area contributed by atoms with Gasteiger partial charge in [-0.2, -0.15) is 0 Å². The maximum atomic E-state index is 15.0. The van der Waals surface area contributed by atoms with Crippen molar-refractivity contribution in [2.24, 2.45) is 0 Å². The molecule has 0 bridgehead atoms. The molecule has 4 rings (SSSR count). The fourth-order valence-corrected chi connectivity index (χ4v) is 4.84. The van der Waals surface area contributed by atoms with Gasteiger partial charge in [0, 0.05) is 31.3 Å². The number of carboxylic acid groups (broad SMARTS) is 1. The third-order valence-corrected chi connectivity index (χ3v) is 7.10. The van der Waals surface area contributed by atoms with E-state index in [1.54, 1.807) is 6.92 Å². The van der Waals surface area contributed by atoms with Crippen molar-refractivity contribution in [1.29, 1.82) is 0 Å². The molecule has 2 aliphatic rings. The van der Waals surface area contributed by atoms with Gasteiger partial charge in [-0.1, -0.05) is 17.7 Å². The summed E-state index contributed by atoms with van der Waals surface area (Å²) in [5.74, 6) is -11.5. The molecule has 42 heavy (non-hydrogen) atoms. The molecule has 6 N–H and O–H groups in total. The van der Waals surface area contributed by atoms with Crippen molar-refractivity contribution in [2.45, 2.75) is 25.3 Å². The number of nitrogens with one attached hydrogen (secondary N) is 2. The molecule has 0 aromatic heterocycles. The minimum atomic E-state index is -2.12. The summed E-state index contributed by atoms with van der Waals surface area (Å²) < 4.78 is 34.3. The molecule has 2 heterocycles. The van der Waals surface area contributed by atoms with Crippen LogP contribution >= 0.6 is 11.6 Å². The van der Waals surface area contributed by atoms with Crippen LogP contribution in [0.3, 0.4) is 0 Å². The zero-order valence-electron chi connectivity index (χ0n) is 21.6. The first-order chi connectivity index (χ1) is 19.8. The SMILES string of the molecule is CCN1CCN(C(=O)N[C@H](C(=O)N[C@H]2Cc3ccc(F)c(C(=O)O)c3OB2O)c2c(F)cc(O)c(O)c2Cl)C(=O)C1=O. The van der Waals surface area contributed by atoms with Crippen LogP contribution in [-0.2, 0) is 20.8 Å². The summed E-state index contributed by atoms with van der Waals surface area (Å²) >= 11 is 6.01. The van der Waals surface area contributed by atoms with Gasteiger partial charge in [0.1, 0.15) is 29.0 Å². The Morgan fingerprint density at radius 1 is 1.17 bits per heavy atom. The van der Waals surface area contributed by atoms with Gasteiger partial charge in [-0.25, -0.2) is 18.4 Å². The molecular weight excluding hydrogens is 589 g/mol. The van der Waals surface area contributed by atoms with Crippen LogP contribution in [0.1, 0.15) is 34.5 Å². The second-order valence-corrected chi connectivity index (χ2v) is 9.60. The summed E-state index contributed by atoms with van der Waals surface area (Å²) in [5.41, 5.74) is -1.61. The molecule has 2 atom stereocenters. The lowest BCUT2D eigenvalue weighted by atomic mass is 9.72. The van der Waals surface area contributed by atoms with Crippen molar-refractivity contribution in [2.75, 3.05) is 19.6 Å². The minimum Gasteiger partial charge on any atom is -0.534 e. The number of phenols is 2. The number of fused-ring (bicyclic) bond motifs is 1. The zero-order chi connectivity index (χ0) is 31.0. The molecule has 2 aromatic rings. The van der Waals surface area contributed by atoms with Gasteiger partial charge in [0.05, 0.1) is 11.0 Å². The van der Waals surface area contributed by atoms with Crippen molar-refractivity contribution >= 4 is 48.4 Å². The Kier molecular flexibility index (Phi) is 8.44. The Morgan fingerprint density at radius 2 is 1.86 bits per heavy atom. The maximum absolute atomic E-state index is 15.0. The van der Waals surface area contributed by atoms with Crippen molar-refractivity contribution in [1.82, 2.24) is 20.4 Å². The fraction of sp³-hybridized carbons (Fsp3) is 0.292. The Morgan fingerprint density at radius 3 is 2.50 bits per heavy atom. The minimum absolute atomic E-state index is 0.0234. The van der Waals surface area contributed by atoms with E-state index in [4.69, 9.17) is 16.3 Å². The molecule has 0 saturated carbocycles. The Bertz CT molecular complexity index is 1510. The molecule has 222 valence electrons. The van der Waals surface area contributed by atoms with Crippen LogP contribution < -0.4 is 15.3 Å². The quantitative estimate of drug-likeness (QED) is 0.150. The zero-order valence-corrected chi connectivity index (χ0v) is 22.3. The van der Waals surface area contributed by atoms with Crippen LogP contribution in [0.25, 0.3) is 0 Å². The summed E-state index contributed by atoms with van der Waals surface area (Å²) in [6.07, 6.45) is -0.313. The highest BCUT2D eigenvalue weighted by Gasteiger charge is 2.42. The predicted molar refractivity (Wildman–Crippen MR) is 138 cm³/mol. The molecule has 2 aliphatic heterocycles. The van der Waals surface area contributed by atoms with Crippen molar-refractivity contribution in [3.63, 3.8) is 0 Å². The van der Waals surface area contributed by atoms with E-state index in [9.17, 15) is 48.7 Å². The van der Waals surface area contributed by atoms with E-state index in [1.165, 1.54) is 4.90 Å². The summed E-state index contributed by atoms with van der Waals surface area (Å²) in [6.45, 7) is 1.51. The Hall–Kier alpha value is -4.64. The van der Waals surface area contributed by atoms with Gasteiger partial charge in [0.25, 0.3) is 0 Å². The van der Waals surface area contributed by atoms with E-state index in [2.05, 4.69) is 10.6 Å². The van der Waals surface area contributed by atoms with Crippen LogP contribution in [0.2, 0.25) is 5.02 Å². The smallest absolute Gasteiger partial charge is 0.534 e. The molecule has 18 heteroatoms. The van der Waals surface area contributed by atoms with E-state index >= 15 is 4.39 Å². The number of phenolic OH excluding ortho intramolecular Hbond substituents is 2. The van der Waals surface area contributed by atoms with Crippen LogP contribution in [0.15, 0.2) is 18.2 Å². The van der Waals surface area contributed by atoms with Gasteiger partial charge in [0.15, 0.2) is 11.5 Å². The summed E-state index contributed by atoms with van der Waals surface area (Å²) in [5, 5.41) is 43.1. The molecule has 2 aromatic carbocycles. The Labute approximate surface area is 240 Å². The number of aromatic hydroxyl groups is 2. The first-order valence-electron chi connectivity index (χ1n) is 12.3. The first kappa shape index (κ1) is 30.3. The van der Waals surface area contributed by atoms with E-state index < -0.39 is 93.9 Å². The number of hydrogen-bond donors (Lipinski definition) is 6. The predicted octanol–water partition coefficient (Wildman–Crippen LogP) is 0.309. The molecule has 0 aliphatic carbocycles. The fourth-order valence-electron chi connectivity index (χ4n) is 4.54. The normalized spacial score (nSPS) is 17.4. The number of carbonyl (C=O) groups is 5. The lowest BCUT2D eigenvalue weighted by Crippen LogP contribution is -2.60. The number of piperazine rings is 1. The summed E-state index contributed by atoms with van der Waals surface area (Å²) in [4.78, 5) is 64.5. The molecule has 0 spiro atoms. The highest BCUT2D eigenvalue weighted by Crippen LogP contribution is 2.40. The second-order valence-electron chi connectivity index (χ2n) is 9.22. The van der Waals surface area contributed by atoms with E-state index in [0.717, 1.165) is 12.1 Å². The average molecular weight is 611 g/mol. The number of likely N-dealkylation sites (N-methyl/N-ethyl adjacent to an activating group) is 1. The van der Waals surface area contributed by atoms with Gasteiger partial charge in [-0.05, 0) is 25.0 Å². The van der Waals surface area contributed by atoms with Gasteiger partial charge in [-0.15, -0.1) is 0 Å². The number of carbonyl (C=O) groups excluding carboxylic acids is 4. The Balaban J connectivity index is 1.66. The molecule has 0 radical (unpaired) electrons. The number of benzene rings is 2. The number of nitrogens with zero attached hydrogens (tertiary/aromatic N) is 2. The van der Waals surface area contributed by atoms with Gasteiger partial charge in [-0.3, -0.25) is 19.3 Å². The number of amides is 5. The topological polar surface area (TPSA) is 206 Å². The van der Waals surface area contributed by atoms with E-state index in [0.29, 0.717) is 11.0 Å². The number of rotatable bonds is 6. The number of halogens is 3. The molecule has 0 unspecified atom stereocenters. The standard InChI is InChI=1S/C24H22BClF2N4O10/c1-2-31-5-6-32(22(37)21(31)36)24(40)30-17(14-11(28)8-12(33)18(34)16(14)26)20(35)29-13-7-9-3-4-10(27)15(23(38)39)19(9)42-25(13)41/h3-4,8,13,17,33-34,41H,2,5-7H2,1H3,(H,29,35)(H,30,40)(H,38,39)/t13-,17-/m0/s1. The third-order valence-electron chi connectivity index (χ3n) is 6.71. The number of urea groups is 1. The summed E-state index contributed by atoms with van der Waals surface area (Å²) in [6, 6.07) is -1.02. The molecule has 5 amide bonds. The first-order valence-corrected chi connectivity index (χ1v) is 12.6. The van der Waals surface area contributed by atoms with Crippen molar-refractivity contribution in [3.8, 4) is 17.2 Å². The highest BCUT2D eigenvalue weighted by atomic mass is 35.5. The van der Waals surface area contributed by atoms with Crippen molar-refractivity contribution in [3.05, 3.63) is 51.5 Å². The third kappa shape index (κ3) is 5.47. The van der Waals surface area contributed by atoms with Gasteiger partial charge < -0.3 is 40.5 Å². The van der Waals surface area contributed by atoms with E-state index in [1.807, 2.05) is 0 Å². The molecule has 1 saturated heterocycles. The van der Waals surface area contributed by atoms with Gasteiger partial charge >= 0.3 is 30.9 Å². The molecular formula is C24H22BClF2N4O10. The lowest BCUT2D eigenvalue weighted by molar-refractivity contribution is -0.153. The van der Waals surface area contributed by atoms with Crippen LogP contribution in [0, 0.1) is 11.6 Å². The molecule has 14 nitrogen and oxygen atoms in total. The highest BCUT2D eigenvalue weighted by molar-refractivity contribution is 6.47. The van der Waals surface area contributed by atoms with Crippen molar-refractivity contribution < 1.29 is 57.8 Å². The lowest BCUT2D eigenvalue weighted by Gasteiger charge is -2.33. The van der Waals surface area contributed by atoms with E-state index in [-0.39, 0.29) is 31.6 Å². The summed E-state index contributed by atoms with van der Waals surface area (Å²) in [7, 11) is -1.95. The number of hydrogen-bond acceptors (Lipinski definition) is 9. The average Bonchev–Trinajstić information content (AvgIpc) is 2.92. The number of carboxylic acids is 1. The number of aromatic carboxylic acids is 1. The molecule has 1 fully saturated rings. The van der Waals surface area contributed by atoms with Crippen LogP contribution in [0.4, 0.5) is 13.6 Å². The van der Waals surface area contributed by atoms with Crippen LogP contribution in [-0.4, -0.2) is 92.6 Å². The van der Waals surface area contributed by atoms with Crippen LogP contribution in [0.5, 0.6) is 17.2 Å².